The monoisotopic (exact) mass is 313 g/mol. The topological polar surface area (TPSA) is 64.0 Å². The van der Waals surface area contributed by atoms with Gasteiger partial charge in [0.05, 0.1) is 11.2 Å². The van der Waals surface area contributed by atoms with Crippen molar-refractivity contribution in [3.05, 3.63) is 47.5 Å². The zero-order valence-electron chi connectivity index (χ0n) is 11.2. The van der Waals surface area contributed by atoms with E-state index in [1.807, 2.05) is 4.57 Å². The van der Waals surface area contributed by atoms with Gasteiger partial charge in [0.25, 0.3) is 0 Å². The molecule has 0 aliphatic carbocycles. The third kappa shape index (κ3) is 3.39. The zero-order valence-corrected chi connectivity index (χ0v) is 12.8. The van der Waals surface area contributed by atoms with Gasteiger partial charge in [0.15, 0.2) is 0 Å². The van der Waals surface area contributed by atoms with E-state index in [0.29, 0.717) is 17.1 Å². The molecule has 0 aliphatic heterocycles. The Bertz CT molecular complexity index is 684. The van der Waals surface area contributed by atoms with E-state index in [9.17, 15) is 8.42 Å². The van der Waals surface area contributed by atoms with Crippen LogP contribution in [0, 0.1) is 6.92 Å². The Balaban J connectivity index is 2.16. The first-order chi connectivity index (χ1) is 9.40. The molecule has 0 spiro atoms. The molecule has 1 aromatic heterocycles. The van der Waals surface area contributed by atoms with Gasteiger partial charge in [-0.25, -0.2) is 18.1 Å². The summed E-state index contributed by atoms with van der Waals surface area (Å²) in [5.74, 6) is 0. The van der Waals surface area contributed by atoms with E-state index in [1.54, 1.807) is 50.8 Å². The molecule has 1 aromatic carbocycles. The highest BCUT2D eigenvalue weighted by Crippen LogP contribution is 2.22. The highest BCUT2D eigenvalue weighted by molar-refractivity contribution is 7.89. The van der Waals surface area contributed by atoms with Crippen LogP contribution in [0.1, 0.15) is 12.5 Å². The average Bonchev–Trinajstić information content (AvgIpc) is 2.84. The molecule has 0 saturated carbocycles. The van der Waals surface area contributed by atoms with Crippen LogP contribution in [-0.2, 0) is 16.6 Å². The van der Waals surface area contributed by atoms with E-state index < -0.39 is 10.0 Å². The predicted molar refractivity (Wildman–Crippen MR) is 78.2 cm³/mol. The molecule has 1 heterocycles. The van der Waals surface area contributed by atoms with Gasteiger partial charge in [-0.3, -0.25) is 0 Å². The van der Waals surface area contributed by atoms with Crippen LogP contribution in [0.3, 0.4) is 0 Å². The van der Waals surface area contributed by atoms with Crippen molar-refractivity contribution in [2.75, 3.05) is 0 Å². The highest BCUT2D eigenvalue weighted by Gasteiger charge is 2.20. The van der Waals surface area contributed by atoms with Crippen molar-refractivity contribution in [3.8, 4) is 0 Å². The second-order valence-corrected chi connectivity index (χ2v) is 6.73. The number of aromatic nitrogens is 2. The number of sulfonamides is 1. The van der Waals surface area contributed by atoms with Gasteiger partial charge < -0.3 is 4.57 Å². The van der Waals surface area contributed by atoms with E-state index >= 15 is 0 Å². The van der Waals surface area contributed by atoms with Crippen molar-refractivity contribution in [2.45, 2.75) is 31.3 Å². The van der Waals surface area contributed by atoms with Crippen LogP contribution in [0.5, 0.6) is 0 Å². The first kappa shape index (κ1) is 15.0. The largest absolute Gasteiger partial charge is 0.336 e. The summed E-state index contributed by atoms with van der Waals surface area (Å²) in [5.41, 5.74) is 0.552. The quantitative estimate of drug-likeness (QED) is 0.920. The fraction of sp³-hybridized carbons (Fsp3) is 0.308. The number of hydrogen-bond acceptors (Lipinski definition) is 3. The smallest absolute Gasteiger partial charge is 0.241 e. The molecule has 1 N–H and O–H groups in total. The van der Waals surface area contributed by atoms with Gasteiger partial charge in [-0.15, -0.1) is 0 Å². The molecule has 0 saturated heterocycles. The fourth-order valence-electron chi connectivity index (χ4n) is 1.96. The molecular formula is C13H16ClN3O2S. The van der Waals surface area contributed by atoms with E-state index in [1.165, 1.54) is 0 Å². The van der Waals surface area contributed by atoms with Crippen LogP contribution in [0.15, 0.2) is 41.8 Å². The lowest BCUT2D eigenvalue weighted by molar-refractivity contribution is 0.520. The third-order valence-electron chi connectivity index (χ3n) is 2.91. The van der Waals surface area contributed by atoms with E-state index in [-0.39, 0.29) is 10.9 Å². The fourth-order valence-corrected chi connectivity index (χ4v) is 3.69. The molecule has 20 heavy (non-hydrogen) atoms. The van der Waals surface area contributed by atoms with Gasteiger partial charge in [-0.05, 0) is 31.5 Å². The third-order valence-corrected chi connectivity index (χ3v) is 5.05. The van der Waals surface area contributed by atoms with Gasteiger partial charge in [-0.2, -0.15) is 0 Å². The van der Waals surface area contributed by atoms with Crippen molar-refractivity contribution in [1.82, 2.24) is 14.3 Å². The minimum absolute atomic E-state index is 0.211. The Kier molecular flexibility index (Phi) is 4.47. The average molecular weight is 314 g/mol. The first-order valence-corrected chi connectivity index (χ1v) is 7.99. The standard InChI is InChI=1S/C13H16ClN3O2S/c1-10(8-17-7-6-15-9-17)16-20(18,19)13-5-3-4-12(14)11(13)2/h3-7,9-10,16H,8H2,1-2H3/t10-/m1/s1. The van der Waals surface area contributed by atoms with Crippen molar-refractivity contribution < 1.29 is 8.42 Å². The molecule has 0 aliphatic rings. The summed E-state index contributed by atoms with van der Waals surface area (Å²) < 4.78 is 29.2. The Morgan fingerprint density at radius 3 is 2.85 bits per heavy atom. The molecule has 2 rings (SSSR count). The van der Waals surface area contributed by atoms with Crippen LogP contribution >= 0.6 is 11.6 Å². The molecule has 0 bridgehead atoms. The number of benzene rings is 1. The summed E-state index contributed by atoms with van der Waals surface area (Å²) in [6.45, 7) is 4.01. The summed E-state index contributed by atoms with van der Waals surface area (Å²) >= 11 is 5.97. The lowest BCUT2D eigenvalue weighted by Gasteiger charge is -2.16. The molecule has 0 fully saturated rings. The Hall–Kier alpha value is -1.37. The number of hydrogen-bond donors (Lipinski definition) is 1. The number of rotatable bonds is 5. The van der Waals surface area contributed by atoms with Gasteiger partial charge >= 0.3 is 0 Å². The minimum Gasteiger partial charge on any atom is -0.336 e. The van der Waals surface area contributed by atoms with Crippen LogP contribution in [0.2, 0.25) is 5.02 Å². The summed E-state index contributed by atoms with van der Waals surface area (Å²) in [6, 6.07) is 4.59. The summed E-state index contributed by atoms with van der Waals surface area (Å²) in [4.78, 5) is 4.13. The predicted octanol–water partition coefficient (Wildman–Crippen LogP) is 2.21. The Labute approximate surface area is 123 Å². The van der Waals surface area contributed by atoms with Crippen molar-refractivity contribution >= 4 is 21.6 Å². The number of nitrogens with one attached hydrogen (secondary N) is 1. The normalized spacial score (nSPS) is 13.3. The summed E-state index contributed by atoms with van der Waals surface area (Å²) in [6.07, 6.45) is 5.09. The molecule has 7 heteroatoms. The second-order valence-electron chi connectivity index (χ2n) is 4.64. The second kappa shape index (κ2) is 5.95. The van der Waals surface area contributed by atoms with E-state index in [4.69, 9.17) is 11.6 Å². The lowest BCUT2D eigenvalue weighted by Crippen LogP contribution is -2.35. The molecule has 5 nitrogen and oxygen atoms in total. The molecule has 1 atom stereocenters. The maximum Gasteiger partial charge on any atom is 0.241 e. The zero-order chi connectivity index (χ0) is 14.8. The van der Waals surface area contributed by atoms with Gasteiger partial charge in [-0.1, -0.05) is 17.7 Å². The molecule has 2 aromatic rings. The summed E-state index contributed by atoms with van der Waals surface area (Å²) in [7, 11) is -3.58. The molecular weight excluding hydrogens is 298 g/mol. The summed E-state index contributed by atoms with van der Waals surface area (Å²) in [5, 5.41) is 0.440. The van der Waals surface area contributed by atoms with Gasteiger partial charge in [0, 0.05) is 30.0 Å². The van der Waals surface area contributed by atoms with Gasteiger partial charge in [0.2, 0.25) is 10.0 Å². The Morgan fingerprint density at radius 2 is 2.20 bits per heavy atom. The lowest BCUT2D eigenvalue weighted by atomic mass is 10.2. The number of halogens is 1. The maximum atomic E-state index is 12.3. The number of imidazole rings is 1. The molecule has 0 radical (unpaired) electrons. The van der Waals surface area contributed by atoms with Crippen LogP contribution < -0.4 is 4.72 Å². The molecule has 0 unspecified atom stereocenters. The van der Waals surface area contributed by atoms with Crippen molar-refractivity contribution in [2.24, 2.45) is 0 Å². The first-order valence-electron chi connectivity index (χ1n) is 6.13. The van der Waals surface area contributed by atoms with E-state index in [2.05, 4.69) is 9.71 Å². The van der Waals surface area contributed by atoms with Crippen LogP contribution in [-0.4, -0.2) is 24.0 Å². The van der Waals surface area contributed by atoms with Crippen molar-refractivity contribution in [1.29, 1.82) is 0 Å². The molecule has 0 amide bonds. The Morgan fingerprint density at radius 1 is 1.45 bits per heavy atom. The maximum absolute atomic E-state index is 12.3. The van der Waals surface area contributed by atoms with E-state index in [0.717, 1.165) is 0 Å². The van der Waals surface area contributed by atoms with Crippen LogP contribution in [0.4, 0.5) is 0 Å². The number of nitrogens with zero attached hydrogens (tertiary/aromatic N) is 2. The van der Waals surface area contributed by atoms with Gasteiger partial charge in [0.1, 0.15) is 0 Å². The molecule has 108 valence electrons. The minimum atomic E-state index is -3.58. The van der Waals surface area contributed by atoms with Crippen LogP contribution in [0.25, 0.3) is 0 Å². The van der Waals surface area contributed by atoms with Crippen molar-refractivity contribution in [3.63, 3.8) is 0 Å². The highest BCUT2D eigenvalue weighted by atomic mass is 35.5. The SMILES string of the molecule is Cc1c(Cl)cccc1S(=O)(=O)N[C@H](C)Cn1ccnc1.